The molecule has 1 aliphatic rings. The van der Waals surface area contributed by atoms with Crippen molar-refractivity contribution in [2.75, 3.05) is 7.11 Å². The number of hydrogen-bond acceptors (Lipinski definition) is 4. The maximum Gasteiger partial charge on any atom is 0.363 e. The molecule has 0 saturated carbocycles. The molecule has 0 atom stereocenters. The van der Waals surface area contributed by atoms with Gasteiger partial charge < -0.3 is 9.47 Å². The summed E-state index contributed by atoms with van der Waals surface area (Å²) < 4.78 is 10.6. The lowest BCUT2D eigenvalue weighted by molar-refractivity contribution is -0.130. The number of esters is 1. The molecule has 4 nitrogen and oxygen atoms in total. The van der Waals surface area contributed by atoms with Crippen LogP contribution in [0.2, 0.25) is 0 Å². The fraction of sp³-hybridized carbons (Fsp3) is 0.238. The third-order valence-electron chi connectivity index (χ3n) is 4.26. The van der Waals surface area contributed by atoms with E-state index < -0.39 is 5.97 Å². The number of aliphatic imine (C=N–C) groups is 1. The van der Waals surface area contributed by atoms with Crippen molar-refractivity contribution in [3.05, 3.63) is 70.4 Å². The smallest absolute Gasteiger partial charge is 0.363 e. The Hall–Kier alpha value is -2.88. The van der Waals surface area contributed by atoms with Gasteiger partial charge in [-0.15, -0.1) is 0 Å². The molecule has 2 aromatic rings. The van der Waals surface area contributed by atoms with Crippen molar-refractivity contribution in [3.63, 3.8) is 0 Å². The first kappa shape index (κ1) is 17.0. The summed E-state index contributed by atoms with van der Waals surface area (Å²) in [5.74, 6) is 0.900. The highest BCUT2D eigenvalue weighted by atomic mass is 16.6. The highest BCUT2D eigenvalue weighted by Gasteiger charge is 2.22. The van der Waals surface area contributed by atoms with Crippen LogP contribution in [0.3, 0.4) is 0 Å². The number of rotatable bonds is 5. The van der Waals surface area contributed by atoms with Gasteiger partial charge in [0.1, 0.15) is 5.75 Å². The van der Waals surface area contributed by atoms with E-state index >= 15 is 0 Å². The van der Waals surface area contributed by atoms with Gasteiger partial charge in [-0.2, -0.15) is 0 Å². The van der Waals surface area contributed by atoms with Crippen LogP contribution in [0, 0.1) is 13.8 Å². The molecule has 128 valence electrons. The fourth-order valence-corrected chi connectivity index (χ4v) is 2.84. The predicted molar refractivity (Wildman–Crippen MR) is 98.7 cm³/mol. The minimum Gasteiger partial charge on any atom is -0.496 e. The monoisotopic (exact) mass is 335 g/mol. The minimum atomic E-state index is -0.395. The fourth-order valence-electron chi connectivity index (χ4n) is 2.84. The van der Waals surface area contributed by atoms with Crippen molar-refractivity contribution >= 4 is 17.9 Å². The van der Waals surface area contributed by atoms with Gasteiger partial charge in [0.15, 0.2) is 11.6 Å². The Kier molecular flexibility index (Phi) is 4.98. The van der Waals surface area contributed by atoms with E-state index in [1.807, 2.05) is 37.3 Å². The van der Waals surface area contributed by atoms with Gasteiger partial charge in [-0.3, -0.25) is 0 Å². The van der Waals surface area contributed by atoms with Crippen LogP contribution in [0.5, 0.6) is 5.75 Å². The summed E-state index contributed by atoms with van der Waals surface area (Å²) in [4.78, 5) is 16.4. The predicted octanol–water partition coefficient (Wildman–Crippen LogP) is 4.24. The molecule has 1 aliphatic heterocycles. The molecule has 3 rings (SSSR count). The Morgan fingerprint density at radius 2 is 1.88 bits per heavy atom. The Morgan fingerprint density at radius 3 is 2.60 bits per heavy atom. The Balaban J connectivity index is 1.73. The van der Waals surface area contributed by atoms with Crippen LogP contribution in [0.25, 0.3) is 6.08 Å². The summed E-state index contributed by atoms with van der Waals surface area (Å²) >= 11 is 0. The normalized spacial score (nSPS) is 15.2. The minimum absolute atomic E-state index is 0.337. The standard InChI is InChI=1S/C21H21NO3/c1-14-6-4-5-7-17(14)9-11-20-22-18(21(23)25-20)13-16-8-10-19(24-3)15(2)12-16/h4-8,10,12-13H,9,11H2,1-3H3/b18-13+. The Morgan fingerprint density at radius 1 is 1.08 bits per heavy atom. The van der Waals surface area contributed by atoms with Crippen molar-refractivity contribution in [1.82, 2.24) is 0 Å². The quantitative estimate of drug-likeness (QED) is 0.606. The molecule has 0 aliphatic carbocycles. The molecule has 0 saturated heterocycles. The number of methoxy groups -OCH3 is 1. The largest absolute Gasteiger partial charge is 0.496 e. The first-order valence-corrected chi connectivity index (χ1v) is 8.27. The number of nitrogens with zero attached hydrogens (tertiary/aromatic N) is 1. The number of ether oxygens (including phenoxy) is 2. The molecular weight excluding hydrogens is 314 g/mol. The van der Waals surface area contributed by atoms with E-state index in [0.29, 0.717) is 18.0 Å². The van der Waals surface area contributed by atoms with E-state index in [1.165, 1.54) is 11.1 Å². The summed E-state index contributed by atoms with van der Waals surface area (Å²) in [6, 6.07) is 13.9. The van der Waals surface area contributed by atoms with E-state index in [2.05, 4.69) is 24.0 Å². The van der Waals surface area contributed by atoms with Gasteiger partial charge in [0.2, 0.25) is 0 Å². The summed E-state index contributed by atoms with van der Waals surface area (Å²) in [5.41, 5.74) is 4.71. The third kappa shape index (κ3) is 3.97. The number of carbonyl (C=O) groups is 1. The number of benzene rings is 2. The van der Waals surface area contributed by atoms with E-state index in [-0.39, 0.29) is 0 Å². The summed E-state index contributed by atoms with van der Waals surface area (Å²) in [5, 5.41) is 0. The van der Waals surface area contributed by atoms with Gasteiger partial charge in [-0.1, -0.05) is 30.3 Å². The molecule has 1 heterocycles. The third-order valence-corrected chi connectivity index (χ3v) is 4.26. The van der Waals surface area contributed by atoms with Crippen molar-refractivity contribution in [2.24, 2.45) is 4.99 Å². The number of carbonyl (C=O) groups excluding carboxylic acids is 1. The van der Waals surface area contributed by atoms with Gasteiger partial charge >= 0.3 is 5.97 Å². The topological polar surface area (TPSA) is 47.9 Å². The summed E-state index contributed by atoms with van der Waals surface area (Å²) in [7, 11) is 1.64. The van der Waals surface area contributed by atoms with Gasteiger partial charge in [-0.25, -0.2) is 9.79 Å². The Labute approximate surface area is 147 Å². The highest BCUT2D eigenvalue weighted by Crippen LogP contribution is 2.22. The van der Waals surface area contributed by atoms with Crippen molar-refractivity contribution in [1.29, 1.82) is 0 Å². The zero-order valence-corrected chi connectivity index (χ0v) is 14.7. The van der Waals surface area contributed by atoms with Crippen LogP contribution in [0.15, 0.2) is 53.2 Å². The highest BCUT2D eigenvalue weighted by molar-refractivity contribution is 6.07. The van der Waals surface area contributed by atoms with Crippen molar-refractivity contribution in [2.45, 2.75) is 26.7 Å². The first-order valence-electron chi connectivity index (χ1n) is 8.27. The lowest BCUT2D eigenvalue weighted by Crippen LogP contribution is -2.05. The maximum atomic E-state index is 12.0. The first-order chi connectivity index (χ1) is 12.1. The molecule has 25 heavy (non-hydrogen) atoms. The van der Waals surface area contributed by atoms with Gasteiger partial charge in [0.25, 0.3) is 0 Å². The lowest BCUT2D eigenvalue weighted by Gasteiger charge is -2.04. The number of hydrogen-bond donors (Lipinski definition) is 0. The van der Waals surface area contributed by atoms with E-state index in [0.717, 1.165) is 23.3 Å². The van der Waals surface area contributed by atoms with Crippen molar-refractivity contribution in [3.8, 4) is 5.75 Å². The summed E-state index contributed by atoms with van der Waals surface area (Å²) in [6.07, 6.45) is 3.15. The van der Waals surface area contributed by atoms with Crippen LogP contribution < -0.4 is 4.74 Å². The molecule has 0 fully saturated rings. The zero-order chi connectivity index (χ0) is 17.8. The van der Waals surface area contributed by atoms with Crippen LogP contribution in [0.4, 0.5) is 0 Å². The van der Waals surface area contributed by atoms with Gasteiger partial charge in [-0.05, 0) is 60.7 Å². The van der Waals surface area contributed by atoms with Crippen LogP contribution >= 0.6 is 0 Å². The van der Waals surface area contributed by atoms with Gasteiger partial charge in [0, 0.05) is 6.42 Å². The summed E-state index contributed by atoms with van der Waals surface area (Å²) in [6.45, 7) is 4.04. The second kappa shape index (κ2) is 7.34. The molecule has 0 bridgehead atoms. The molecular formula is C21H21NO3. The van der Waals surface area contributed by atoms with Crippen LogP contribution in [0.1, 0.15) is 28.7 Å². The van der Waals surface area contributed by atoms with Crippen LogP contribution in [-0.4, -0.2) is 19.0 Å². The molecule has 0 amide bonds. The number of cyclic esters (lactones) is 1. The lowest BCUT2D eigenvalue weighted by atomic mass is 10.0. The zero-order valence-electron chi connectivity index (χ0n) is 14.7. The molecule has 0 N–H and O–H groups in total. The molecule has 0 aromatic heterocycles. The maximum absolute atomic E-state index is 12.0. The number of aryl methyl sites for hydroxylation is 3. The van der Waals surface area contributed by atoms with E-state index in [9.17, 15) is 4.79 Å². The SMILES string of the molecule is COc1ccc(/C=C2/N=C(CCc3ccccc3C)OC2=O)cc1C. The molecule has 4 heteroatoms. The molecule has 2 aromatic carbocycles. The van der Waals surface area contributed by atoms with E-state index in [1.54, 1.807) is 13.2 Å². The molecule has 0 spiro atoms. The second-order valence-electron chi connectivity index (χ2n) is 6.08. The second-order valence-corrected chi connectivity index (χ2v) is 6.08. The molecule has 0 radical (unpaired) electrons. The molecule has 0 unspecified atom stereocenters. The average molecular weight is 335 g/mol. The van der Waals surface area contributed by atoms with E-state index in [4.69, 9.17) is 9.47 Å². The average Bonchev–Trinajstić information content (AvgIpc) is 2.94. The van der Waals surface area contributed by atoms with Crippen molar-refractivity contribution < 1.29 is 14.3 Å². The van der Waals surface area contributed by atoms with Crippen LogP contribution in [-0.2, 0) is 16.0 Å². The van der Waals surface area contributed by atoms with Gasteiger partial charge in [0.05, 0.1) is 7.11 Å². The Bertz CT molecular complexity index is 865.